The standard InChI is InChI=1S/C31H37FN2O3.C2H6/c1-6-21(7-2)23-11-13-28-24(19-23)9-8-16-34(28)29(35)25-10-12-26(27(32)20-25)22-14-17-33(18-15-22)30(36)37-31(3,4)5;1-2/h6,10-14,19-20H,7-9,15-18H2,1-5H3;1-2H3/b21-6+;. The maximum atomic E-state index is 15.2. The van der Waals surface area contributed by atoms with E-state index in [1.807, 2.05) is 53.7 Å². The molecule has 39 heavy (non-hydrogen) atoms. The third kappa shape index (κ3) is 7.17. The molecule has 210 valence electrons. The highest BCUT2D eigenvalue weighted by molar-refractivity contribution is 6.07. The molecule has 0 fully saturated rings. The summed E-state index contributed by atoms with van der Waals surface area (Å²) >= 11 is 0. The number of carbonyl (C=O) groups is 2. The van der Waals surface area contributed by atoms with E-state index in [0.29, 0.717) is 37.2 Å². The summed E-state index contributed by atoms with van der Waals surface area (Å²) in [7, 11) is 0. The van der Waals surface area contributed by atoms with Crippen LogP contribution in [0.3, 0.4) is 0 Å². The van der Waals surface area contributed by atoms with Crippen LogP contribution in [0.4, 0.5) is 14.9 Å². The number of allylic oxidation sites excluding steroid dienone is 2. The molecule has 0 saturated carbocycles. The molecule has 0 saturated heterocycles. The van der Waals surface area contributed by atoms with E-state index in [-0.39, 0.29) is 12.0 Å². The number of halogens is 1. The molecule has 2 aliphatic rings. The molecule has 0 aliphatic carbocycles. The van der Waals surface area contributed by atoms with Gasteiger partial charge < -0.3 is 14.5 Å². The number of anilines is 1. The van der Waals surface area contributed by atoms with Crippen molar-refractivity contribution in [2.24, 2.45) is 0 Å². The highest BCUT2D eigenvalue weighted by Crippen LogP contribution is 2.33. The number of ether oxygens (including phenoxy) is 1. The van der Waals surface area contributed by atoms with Crippen molar-refractivity contribution >= 4 is 28.8 Å². The lowest BCUT2D eigenvalue weighted by Crippen LogP contribution is -2.39. The summed E-state index contributed by atoms with van der Waals surface area (Å²) in [6.45, 7) is 15.1. The van der Waals surface area contributed by atoms with Crippen LogP contribution in [0.2, 0.25) is 0 Å². The highest BCUT2D eigenvalue weighted by Gasteiger charge is 2.27. The Bertz CT molecular complexity index is 1260. The average Bonchev–Trinajstić information content (AvgIpc) is 2.93. The summed E-state index contributed by atoms with van der Waals surface area (Å²) in [5, 5.41) is 0. The Kier molecular flexibility index (Phi) is 10.1. The minimum Gasteiger partial charge on any atom is -0.444 e. The second kappa shape index (κ2) is 13.1. The summed E-state index contributed by atoms with van der Waals surface area (Å²) in [6.07, 6.45) is 6.91. The fraction of sp³-hybridized carbons (Fsp3) is 0.455. The van der Waals surface area contributed by atoms with Gasteiger partial charge in [-0.2, -0.15) is 0 Å². The van der Waals surface area contributed by atoms with Crippen LogP contribution in [0.25, 0.3) is 11.1 Å². The smallest absolute Gasteiger partial charge is 0.410 e. The SMILES string of the molecule is C/C=C(\CC)c1ccc2c(c1)CCCN2C(=O)c1ccc(C2=CCN(C(=O)OC(C)(C)C)CC2)c(F)c1.CC. The quantitative estimate of drug-likeness (QED) is 0.397. The molecule has 2 aliphatic heterocycles. The Balaban J connectivity index is 0.00000205. The lowest BCUT2D eigenvalue weighted by atomic mass is 9.94. The van der Waals surface area contributed by atoms with Gasteiger partial charge in [0, 0.05) is 36.4 Å². The van der Waals surface area contributed by atoms with Crippen molar-refractivity contribution in [2.45, 2.75) is 79.8 Å². The molecule has 0 spiro atoms. The topological polar surface area (TPSA) is 49.9 Å². The summed E-state index contributed by atoms with van der Waals surface area (Å²) in [4.78, 5) is 29.1. The number of amides is 2. The number of rotatable bonds is 4. The van der Waals surface area contributed by atoms with Gasteiger partial charge in [0.25, 0.3) is 5.91 Å². The molecule has 2 amide bonds. The number of fused-ring (bicyclic) bond motifs is 1. The molecule has 0 N–H and O–H groups in total. The summed E-state index contributed by atoms with van der Waals surface area (Å²) < 4.78 is 20.7. The van der Waals surface area contributed by atoms with Crippen LogP contribution in [-0.2, 0) is 11.2 Å². The van der Waals surface area contributed by atoms with Gasteiger partial charge >= 0.3 is 6.09 Å². The van der Waals surface area contributed by atoms with Crippen molar-refractivity contribution in [1.29, 1.82) is 0 Å². The van der Waals surface area contributed by atoms with Crippen molar-refractivity contribution in [1.82, 2.24) is 4.90 Å². The van der Waals surface area contributed by atoms with Gasteiger partial charge in [0.1, 0.15) is 11.4 Å². The predicted molar refractivity (Wildman–Crippen MR) is 159 cm³/mol. The van der Waals surface area contributed by atoms with Crippen LogP contribution < -0.4 is 4.90 Å². The van der Waals surface area contributed by atoms with E-state index in [4.69, 9.17) is 4.74 Å². The zero-order valence-corrected chi connectivity index (χ0v) is 24.6. The van der Waals surface area contributed by atoms with Gasteiger partial charge in [0.2, 0.25) is 0 Å². The molecule has 6 heteroatoms. The molecule has 2 heterocycles. The zero-order chi connectivity index (χ0) is 28.7. The van der Waals surface area contributed by atoms with Gasteiger partial charge in [-0.15, -0.1) is 0 Å². The first-order chi connectivity index (χ1) is 18.6. The molecule has 0 radical (unpaired) electrons. The van der Waals surface area contributed by atoms with Crippen molar-refractivity contribution < 1.29 is 18.7 Å². The average molecular weight is 535 g/mol. The minimum absolute atomic E-state index is 0.186. The monoisotopic (exact) mass is 534 g/mol. The third-order valence-corrected chi connectivity index (χ3v) is 6.97. The van der Waals surface area contributed by atoms with Gasteiger partial charge in [-0.3, -0.25) is 4.79 Å². The van der Waals surface area contributed by atoms with Crippen molar-refractivity contribution in [3.05, 3.63) is 76.6 Å². The first kappa shape index (κ1) is 30.1. The number of nitrogens with zero attached hydrogens (tertiary/aromatic N) is 2. The minimum atomic E-state index is -0.558. The molecule has 0 atom stereocenters. The number of hydrogen-bond donors (Lipinski definition) is 0. The van der Waals surface area contributed by atoms with E-state index in [1.54, 1.807) is 21.9 Å². The van der Waals surface area contributed by atoms with Crippen molar-refractivity contribution in [2.75, 3.05) is 24.5 Å². The predicted octanol–water partition coefficient (Wildman–Crippen LogP) is 8.28. The number of carbonyl (C=O) groups excluding carboxylic acids is 2. The van der Waals surface area contributed by atoms with Crippen molar-refractivity contribution in [3.8, 4) is 0 Å². The molecule has 4 rings (SSSR count). The maximum Gasteiger partial charge on any atom is 0.410 e. The number of benzene rings is 2. The van der Waals surface area contributed by atoms with Crippen LogP contribution in [0.5, 0.6) is 0 Å². The Morgan fingerprint density at radius 2 is 1.74 bits per heavy atom. The molecule has 0 aromatic heterocycles. The maximum absolute atomic E-state index is 15.2. The largest absolute Gasteiger partial charge is 0.444 e. The molecular weight excluding hydrogens is 491 g/mol. The number of aryl methyl sites for hydroxylation is 1. The van der Waals surface area contributed by atoms with Crippen LogP contribution in [0, 0.1) is 5.82 Å². The summed E-state index contributed by atoms with van der Waals surface area (Å²) in [5.41, 5.74) is 5.64. The summed E-state index contributed by atoms with van der Waals surface area (Å²) in [5.74, 6) is -0.606. The lowest BCUT2D eigenvalue weighted by molar-refractivity contribution is 0.0270. The zero-order valence-electron chi connectivity index (χ0n) is 24.6. The molecule has 0 unspecified atom stereocenters. The van der Waals surface area contributed by atoms with Gasteiger partial charge in [0.05, 0.1) is 0 Å². The van der Waals surface area contributed by atoms with Gasteiger partial charge in [0.15, 0.2) is 0 Å². The van der Waals surface area contributed by atoms with Crippen LogP contribution in [0.1, 0.15) is 94.8 Å². The van der Waals surface area contributed by atoms with Crippen LogP contribution in [0.15, 0.2) is 48.6 Å². The molecule has 5 nitrogen and oxygen atoms in total. The Labute approximate surface area is 233 Å². The van der Waals surface area contributed by atoms with E-state index in [2.05, 4.69) is 25.1 Å². The molecular formula is C33H43FN2O3. The van der Waals surface area contributed by atoms with Gasteiger partial charge in [-0.05, 0) is 99.9 Å². The normalized spacial score (nSPS) is 15.6. The number of hydrogen-bond acceptors (Lipinski definition) is 3. The van der Waals surface area contributed by atoms with E-state index in [0.717, 1.165) is 36.1 Å². The van der Waals surface area contributed by atoms with E-state index in [1.165, 1.54) is 17.2 Å². The van der Waals surface area contributed by atoms with Gasteiger partial charge in [-0.25, -0.2) is 9.18 Å². The first-order valence-electron chi connectivity index (χ1n) is 14.2. The summed E-state index contributed by atoms with van der Waals surface area (Å²) in [6, 6.07) is 11.0. The third-order valence-electron chi connectivity index (χ3n) is 6.97. The second-order valence-electron chi connectivity index (χ2n) is 10.7. The van der Waals surface area contributed by atoms with Crippen LogP contribution in [-0.4, -0.2) is 42.1 Å². The Morgan fingerprint density at radius 3 is 2.33 bits per heavy atom. The lowest BCUT2D eigenvalue weighted by Gasteiger charge is -2.30. The second-order valence-corrected chi connectivity index (χ2v) is 10.7. The highest BCUT2D eigenvalue weighted by atomic mass is 19.1. The van der Waals surface area contributed by atoms with E-state index < -0.39 is 11.4 Å². The molecule has 2 aromatic carbocycles. The molecule has 0 bridgehead atoms. The Hall–Kier alpha value is -3.41. The molecule has 2 aromatic rings. The Morgan fingerprint density at radius 1 is 1.03 bits per heavy atom. The fourth-order valence-corrected chi connectivity index (χ4v) is 5.05. The fourth-order valence-electron chi connectivity index (χ4n) is 5.05. The van der Waals surface area contributed by atoms with Crippen LogP contribution >= 0.6 is 0 Å². The van der Waals surface area contributed by atoms with Crippen molar-refractivity contribution in [3.63, 3.8) is 0 Å². The van der Waals surface area contributed by atoms with Gasteiger partial charge in [-0.1, -0.05) is 45.1 Å². The first-order valence-corrected chi connectivity index (χ1v) is 14.2. The van der Waals surface area contributed by atoms with E-state index in [9.17, 15) is 9.59 Å². The van der Waals surface area contributed by atoms with E-state index >= 15 is 4.39 Å².